The number of aromatic nitrogens is 1. The lowest BCUT2D eigenvalue weighted by Gasteiger charge is -2.33. The molecule has 2 aliphatic rings. The topological polar surface area (TPSA) is 23.4 Å². The fraction of sp³-hybridized carbons (Fsp3) is 0. The Morgan fingerprint density at radius 3 is 1.93 bits per heavy atom. The first-order chi connectivity index (χ1) is 22.8. The summed E-state index contributed by atoms with van der Waals surface area (Å²) in [7, 11) is 0. The van der Waals surface area contributed by atoms with Crippen LogP contribution in [-0.4, -0.2) is 11.5 Å². The highest BCUT2D eigenvalue weighted by Crippen LogP contribution is 2.42. The molecule has 0 atom stereocenters. The molecule has 0 unspecified atom stereocenters. The number of nitrogens with zero attached hydrogens (tertiary/aromatic N) is 1. The third-order valence-electron chi connectivity index (χ3n) is 9.48. The number of rotatable bonds is 3. The van der Waals surface area contributed by atoms with Crippen molar-refractivity contribution in [3.05, 3.63) is 158 Å². The normalized spacial score (nSPS) is 12.7. The fourth-order valence-corrected chi connectivity index (χ4v) is 7.37. The van der Waals surface area contributed by atoms with Crippen LogP contribution in [0.25, 0.3) is 60.9 Å². The zero-order chi connectivity index (χ0) is 30.2. The van der Waals surface area contributed by atoms with Gasteiger partial charge >= 0.3 is 6.92 Å². The number of benzene rings is 7. The molecule has 0 radical (unpaired) electrons. The Morgan fingerprint density at radius 2 is 1.11 bits per heavy atom. The predicted octanol–water partition coefficient (Wildman–Crippen LogP) is 9.39. The summed E-state index contributed by atoms with van der Waals surface area (Å²) in [6.45, 7) is -0.259. The third kappa shape index (κ3) is 3.74. The third-order valence-corrected chi connectivity index (χ3v) is 9.48. The van der Waals surface area contributed by atoms with E-state index in [1.54, 1.807) is 0 Å². The van der Waals surface area contributed by atoms with Gasteiger partial charge in [0.25, 0.3) is 0 Å². The molecular weight excluding hydrogens is 561 g/mol. The van der Waals surface area contributed by atoms with E-state index in [0.29, 0.717) is 0 Å². The molecule has 46 heavy (non-hydrogen) atoms. The molecule has 0 bridgehead atoms. The number of ether oxygens (including phenoxy) is 1. The first-order valence-corrected chi connectivity index (χ1v) is 15.7. The molecule has 0 spiro atoms. The van der Waals surface area contributed by atoms with Gasteiger partial charge in [0, 0.05) is 32.9 Å². The molecule has 0 fully saturated rings. The van der Waals surface area contributed by atoms with Crippen LogP contribution in [0, 0.1) is 0 Å². The van der Waals surface area contributed by atoms with Crippen molar-refractivity contribution in [3.63, 3.8) is 0 Å². The van der Waals surface area contributed by atoms with Gasteiger partial charge in [-0.25, -0.2) is 0 Å². The molecule has 4 heteroatoms. The van der Waals surface area contributed by atoms with Crippen molar-refractivity contribution in [2.24, 2.45) is 0 Å². The van der Waals surface area contributed by atoms with E-state index in [1.165, 1.54) is 27.4 Å². The minimum atomic E-state index is -0.259. The van der Waals surface area contributed by atoms with Gasteiger partial charge in [-0.15, -0.1) is 0 Å². The van der Waals surface area contributed by atoms with Gasteiger partial charge in [0.15, 0.2) is 0 Å². The molecule has 7 aromatic carbocycles. The lowest BCUT2D eigenvalue weighted by atomic mass is 9.50. The predicted molar refractivity (Wildman–Crippen MR) is 189 cm³/mol. The van der Waals surface area contributed by atoms with Gasteiger partial charge in [0.05, 0.1) is 11.0 Å². The van der Waals surface area contributed by atoms with Gasteiger partial charge in [-0.1, -0.05) is 115 Å². The van der Waals surface area contributed by atoms with Gasteiger partial charge in [-0.05, 0) is 70.3 Å². The smallest absolute Gasteiger partial charge is 0.434 e. The number of para-hydroxylation sites is 2. The molecule has 3 nitrogen and oxygen atoms in total. The van der Waals surface area contributed by atoms with Gasteiger partial charge in [0.1, 0.15) is 17.2 Å². The maximum atomic E-state index is 6.95. The van der Waals surface area contributed by atoms with Crippen LogP contribution in [0.3, 0.4) is 0 Å². The van der Waals surface area contributed by atoms with E-state index >= 15 is 0 Å². The minimum absolute atomic E-state index is 0.259. The summed E-state index contributed by atoms with van der Waals surface area (Å²) in [5.41, 5.74) is 12.5. The average molecular weight is 587 g/mol. The number of fused-ring (bicyclic) bond motifs is 7. The van der Waals surface area contributed by atoms with Crippen molar-refractivity contribution < 1.29 is 9.39 Å². The highest BCUT2D eigenvalue weighted by molar-refractivity contribution is 6.84. The molecule has 10 rings (SSSR count). The van der Waals surface area contributed by atoms with Crippen LogP contribution in [-0.2, 0) is 0 Å². The van der Waals surface area contributed by atoms with Crippen LogP contribution >= 0.6 is 0 Å². The molecule has 214 valence electrons. The van der Waals surface area contributed by atoms with E-state index < -0.39 is 0 Å². The Morgan fingerprint density at radius 1 is 0.435 bits per heavy atom. The van der Waals surface area contributed by atoms with Crippen molar-refractivity contribution in [2.75, 3.05) is 0 Å². The standard InChI is InChI=1S/C42H26BNO2/c1-2-10-27(11-3-1)29-21-23-39-36(25-29)43-42-35(16-9-19-40(42)45-39)34-22-20-30(26-41(34)46-43)28-12-8-13-31(24-28)44-37-17-6-4-14-32(37)33-15-5-7-18-38(33)44/h1-26H. The van der Waals surface area contributed by atoms with Gasteiger partial charge in [-0.2, -0.15) is 0 Å². The molecule has 0 aliphatic carbocycles. The maximum absolute atomic E-state index is 6.95. The summed E-state index contributed by atoms with van der Waals surface area (Å²) in [4.78, 5) is 0. The summed E-state index contributed by atoms with van der Waals surface area (Å²) in [6.07, 6.45) is 0. The second kappa shape index (κ2) is 9.75. The van der Waals surface area contributed by atoms with Gasteiger partial charge in [-0.3, -0.25) is 0 Å². The fourth-order valence-electron chi connectivity index (χ4n) is 7.37. The summed E-state index contributed by atoms with van der Waals surface area (Å²) in [5, 5.41) is 2.52. The van der Waals surface area contributed by atoms with Crippen molar-refractivity contribution in [3.8, 4) is 56.3 Å². The van der Waals surface area contributed by atoms with E-state index in [2.05, 4.69) is 150 Å². The molecule has 8 aromatic rings. The van der Waals surface area contributed by atoms with Crippen LogP contribution in [0.15, 0.2) is 158 Å². The zero-order valence-electron chi connectivity index (χ0n) is 24.9. The molecule has 2 aliphatic heterocycles. The SMILES string of the molecule is c1ccc(-c2ccc3c(c2)B2Oc4cc(-c5cccc(-n6c7ccccc7c7ccccc76)c5)ccc4-c4cccc(c42)O3)cc1. The monoisotopic (exact) mass is 587 g/mol. The first kappa shape index (κ1) is 25.3. The van der Waals surface area contributed by atoms with E-state index in [0.717, 1.165) is 61.7 Å². The van der Waals surface area contributed by atoms with Crippen LogP contribution in [0.1, 0.15) is 0 Å². The summed E-state index contributed by atoms with van der Waals surface area (Å²) in [6, 6.07) is 55.9. The summed E-state index contributed by atoms with van der Waals surface area (Å²) >= 11 is 0. The van der Waals surface area contributed by atoms with Crippen LogP contribution in [0.2, 0.25) is 0 Å². The Labute approximate surface area is 267 Å². The van der Waals surface area contributed by atoms with Crippen LogP contribution in [0.5, 0.6) is 17.2 Å². The first-order valence-electron chi connectivity index (χ1n) is 15.7. The van der Waals surface area contributed by atoms with Crippen molar-refractivity contribution in [1.29, 1.82) is 0 Å². The van der Waals surface area contributed by atoms with Crippen molar-refractivity contribution in [1.82, 2.24) is 4.57 Å². The quantitative estimate of drug-likeness (QED) is 0.192. The molecule has 0 saturated heterocycles. The lowest BCUT2D eigenvalue weighted by Crippen LogP contribution is -2.53. The van der Waals surface area contributed by atoms with E-state index in [1.807, 2.05) is 12.1 Å². The van der Waals surface area contributed by atoms with Crippen molar-refractivity contribution >= 4 is 39.6 Å². The largest absolute Gasteiger partial charge is 0.551 e. The van der Waals surface area contributed by atoms with Crippen LogP contribution in [0.4, 0.5) is 0 Å². The Bertz CT molecular complexity index is 2440. The second-order valence-corrected chi connectivity index (χ2v) is 12.1. The Balaban J connectivity index is 1.09. The maximum Gasteiger partial charge on any atom is 0.434 e. The number of hydrogen-bond acceptors (Lipinski definition) is 2. The van der Waals surface area contributed by atoms with E-state index in [9.17, 15) is 0 Å². The second-order valence-electron chi connectivity index (χ2n) is 12.1. The molecular formula is C42H26BNO2. The summed E-state index contributed by atoms with van der Waals surface area (Å²) < 4.78 is 15.8. The van der Waals surface area contributed by atoms with Crippen molar-refractivity contribution in [2.45, 2.75) is 0 Å². The lowest BCUT2D eigenvalue weighted by molar-refractivity contribution is 0.479. The summed E-state index contributed by atoms with van der Waals surface area (Å²) in [5.74, 6) is 2.58. The minimum Gasteiger partial charge on any atom is -0.551 e. The Hall–Kier alpha value is -6.00. The van der Waals surface area contributed by atoms with E-state index in [-0.39, 0.29) is 6.92 Å². The Kier molecular flexibility index (Phi) is 5.37. The zero-order valence-corrected chi connectivity index (χ0v) is 24.9. The van der Waals surface area contributed by atoms with Gasteiger partial charge in [0.2, 0.25) is 0 Å². The van der Waals surface area contributed by atoms with Crippen LogP contribution < -0.4 is 20.3 Å². The molecule has 0 amide bonds. The molecule has 0 N–H and O–H groups in total. The highest BCUT2D eigenvalue weighted by atomic mass is 16.5. The average Bonchev–Trinajstić information content (AvgIpc) is 3.46. The molecule has 3 heterocycles. The van der Waals surface area contributed by atoms with E-state index in [4.69, 9.17) is 9.39 Å². The molecule has 0 saturated carbocycles. The number of hydrogen-bond donors (Lipinski definition) is 0. The molecule has 1 aromatic heterocycles. The van der Waals surface area contributed by atoms with Gasteiger partial charge < -0.3 is 14.0 Å². The highest BCUT2D eigenvalue weighted by Gasteiger charge is 2.40.